The Morgan fingerprint density at radius 2 is 2.11 bits per heavy atom. The summed E-state index contributed by atoms with van der Waals surface area (Å²) in [5.41, 5.74) is 0. The van der Waals surface area contributed by atoms with E-state index >= 15 is 0 Å². The Balaban J connectivity index is 2.35. The highest BCUT2D eigenvalue weighted by Crippen LogP contribution is 2.27. The molecule has 6 nitrogen and oxygen atoms in total. The van der Waals surface area contributed by atoms with Crippen molar-refractivity contribution in [3.8, 4) is 0 Å². The number of urea groups is 1. The number of carboxylic acids is 1. The number of carbonyl (C=O) groups excluding carboxylic acids is 1. The van der Waals surface area contributed by atoms with Gasteiger partial charge in [-0.15, -0.1) is 0 Å². The van der Waals surface area contributed by atoms with Gasteiger partial charge in [-0.2, -0.15) is 11.8 Å². The highest BCUT2D eigenvalue weighted by atomic mass is 32.2. The molecule has 0 unspecified atom stereocenters. The zero-order valence-electron chi connectivity index (χ0n) is 11.3. The lowest BCUT2D eigenvalue weighted by Gasteiger charge is -2.34. The first-order valence-electron chi connectivity index (χ1n) is 6.35. The van der Waals surface area contributed by atoms with Gasteiger partial charge in [-0.05, 0) is 37.2 Å². The van der Waals surface area contributed by atoms with E-state index in [9.17, 15) is 14.7 Å². The Morgan fingerprint density at radius 3 is 2.58 bits per heavy atom. The van der Waals surface area contributed by atoms with Crippen molar-refractivity contribution in [2.24, 2.45) is 5.92 Å². The van der Waals surface area contributed by atoms with Crippen molar-refractivity contribution in [2.45, 2.75) is 31.4 Å². The van der Waals surface area contributed by atoms with Crippen LogP contribution in [0.3, 0.4) is 0 Å². The summed E-state index contributed by atoms with van der Waals surface area (Å²) in [6, 6.07) is -1.20. The van der Waals surface area contributed by atoms with Crippen molar-refractivity contribution in [3.63, 3.8) is 0 Å². The van der Waals surface area contributed by atoms with E-state index in [4.69, 9.17) is 5.11 Å². The normalized spacial score (nSPS) is 23.3. The molecule has 110 valence electrons. The highest BCUT2D eigenvalue weighted by molar-refractivity contribution is 7.98. The van der Waals surface area contributed by atoms with Crippen LogP contribution in [0.25, 0.3) is 0 Å². The molecule has 1 atom stereocenters. The maximum atomic E-state index is 11.9. The number of carboxylic acid groups (broad SMARTS) is 1. The molecular formula is C12H22N2O4S. The molecule has 0 aromatic rings. The number of thioether (sulfide) groups is 1. The summed E-state index contributed by atoms with van der Waals surface area (Å²) in [4.78, 5) is 24.4. The van der Waals surface area contributed by atoms with Gasteiger partial charge in [-0.1, -0.05) is 0 Å². The molecule has 0 heterocycles. The minimum absolute atomic E-state index is 0.241. The lowest BCUT2D eigenvalue weighted by Crippen LogP contribution is -2.49. The van der Waals surface area contributed by atoms with Crippen LogP contribution in [0, 0.1) is 5.92 Å². The quantitative estimate of drug-likeness (QED) is 0.639. The van der Waals surface area contributed by atoms with Crippen molar-refractivity contribution < 1.29 is 19.8 Å². The molecule has 0 aromatic carbocycles. The number of amides is 2. The third-order valence-electron chi connectivity index (χ3n) is 3.30. The van der Waals surface area contributed by atoms with Gasteiger partial charge in [0.1, 0.15) is 6.04 Å². The van der Waals surface area contributed by atoms with Crippen molar-refractivity contribution in [1.82, 2.24) is 10.2 Å². The summed E-state index contributed by atoms with van der Waals surface area (Å²) in [6.07, 6.45) is 3.50. The molecule has 0 spiro atoms. The van der Waals surface area contributed by atoms with Gasteiger partial charge in [-0.25, -0.2) is 9.59 Å². The van der Waals surface area contributed by atoms with Gasteiger partial charge in [0.2, 0.25) is 0 Å². The molecule has 0 radical (unpaired) electrons. The van der Waals surface area contributed by atoms with Crippen LogP contribution < -0.4 is 5.32 Å². The molecule has 0 aromatic heterocycles. The van der Waals surface area contributed by atoms with E-state index in [0.717, 1.165) is 0 Å². The topological polar surface area (TPSA) is 89.9 Å². The SMILES string of the molecule is CSCC[C@H](NC(=O)N(C)CC1CC(O)C1)C(=O)O. The Labute approximate surface area is 117 Å². The number of aliphatic hydroxyl groups excluding tert-OH is 1. The highest BCUT2D eigenvalue weighted by Gasteiger charge is 2.30. The lowest BCUT2D eigenvalue weighted by molar-refractivity contribution is -0.139. The van der Waals surface area contributed by atoms with Crippen molar-refractivity contribution >= 4 is 23.8 Å². The molecular weight excluding hydrogens is 268 g/mol. The van der Waals surface area contributed by atoms with Crippen molar-refractivity contribution in [3.05, 3.63) is 0 Å². The van der Waals surface area contributed by atoms with Crippen molar-refractivity contribution in [1.29, 1.82) is 0 Å². The number of hydrogen-bond acceptors (Lipinski definition) is 4. The predicted molar refractivity (Wildman–Crippen MR) is 74.3 cm³/mol. The molecule has 1 aliphatic rings. The smallest absolute Gasteiger partial charge is 0.326 e. The lowest BCUT2D eigenvalue weighted by atomic mass is 9.82. The molecule has 19 heavy (non-hydrogen) atoms. The second-order valence-electron chi connectivity index (χ2n) is 4.99. The molecule has 2 amide bonds. The average molecular weight is 290 g/mol. The maximum absolute atomic E-state index is 11.9. The molecule has 0 bridgehead atoms. The fourth-order valence-electron chi connectivity index (χ4n) is 2.07. The maximum Gasteiger partial charge on any atom is 0.326 e. The van der Waals surface area contributed by atoms with Gasteiger partial charge in [-0.3, -0.25) is 0 Å². The fraction of sp³-hybridized carbons (Fsp3) is 0.833. The van der Waals surface area contributed by atoms with E-state index < -0.39 is 12.0 Å². The van der Waals surface area contributed by atoms with Gasteiger partial charge >= 0.3 is 12.0 Å². The van der Waals surface area contributed by atoms with Crippen LogP contribution in [0.5, 0.6) is 0 Å². The van der Waals surface area contributed by atoms with Gasteiger partial charge in [0.15, 0.2) is 0 Å². The Morgan fingerprint density at radius 1 is 1.47 bits per heavy atom. The zero-order valence-corrected chi connectivity index (χ0v) is 12.2. The Hall–Kier alpha value is -0.950. The van der Waals surface area contributed by atoms with Gasteiger partial charge in [0, 0.05) is 13.6 Å². The summed E-state index contributed by atoms with van der Waals surface area (Å²) in [5.74, 6) is 0.00516. The number of aliphatic hydroxyl groups is 1. The number of carbonyl (C=O) groups is 2. The third-order valence-corrected chi connectivity index (χ3v) is 3.94. The van der Waals surface area contributed by atoms with Crippen LogP contribution in [0.15, 0.2) is 0 Å². The molecule has 0 aliphatic heterocycles. The van der Waals surface area contributed by atoms with Gasteiger partial charge in [0.05, 0.1) is 6.10 Å². The number of aliphatic carboxylic acids is 1. The monoisotopic (exact) mass is 290 g/mol. The van der Waals surface area contributed by atoms with Crippen LogP contribution in [-0.2, 0) is 4.79 Å². The summed E-state index contributed by atoms with van der Waals surface area (Å²) >= 11 is 1.55. The summed E-state index contributed by atoms with van der Waals surface area (Å²) in [7, 11) is 1.65. The van der Waals surface area contributed by atoms with Gasteiger partial charge in [0.25, 0.3) is 0 Å². The van der Waals surface area contributed by atoms with E-state index in [2.05, 4.69) is 5.32 Å². The third kappa shape index (κ3) is 5.28. The molecule has 1 saturated carbocycles. The second kappa shape index (κ2) is 7.59. The van der Waals surface area contributed by atoms with Crippen molar-refractivity contribution in [2.75, 3.05) is 25.6 Å². The number of nitrogens with zero attached hydrogens (tertiary/aromatic N) is 1. The molecule has 7 heteroatoms. The van der Waals surface area contributed by atoms with Crippen LogP contribution in [0.2, 0.25) is 0 Å². The van der Waals surface area contributed by atoms with E-state index in [0.29, 0.717) is 37.5 Å². The largest absolute Gasteiger partial charge is 0.480 e. The predicted octanol–water partition coefficient (Wildman–Crippen LogP) is 0.605. The number of hydrogen-bond donors (Lipinski definition) is 3. The number of rotatable bonds is 7. The first kappa shape index (κ1) is 16.1. The number of nitrogens with one attached hydrogen (secondary N) is 1. The minimum Gasteiger partial charge on any atom is -0.480 e. The summed E-state index contributed by atoms with van der Waals surface area (Å²) < 4.78 is 0. The summed E-state index contributed by atoms with van der Waals surface area (Å²) in [5, 5.41) is 20.7. The fourth-order valence-corrected chi connectivity index (χ4v) is 2.54. The van der Waals surface area contributed by atoms with Crippen LogP contribution in [-0.4, -0.2) is 64.9 Å². The second-order valence-corrected chi connectivity index (χ2v) is 5.98. The molecule has 1 aliphatic carbocycles. The Bertz CT molecular complexity index is 321. The van der Waals surface area contributed by atoms with Crippen LogP contribution >= 0.6 is 11.8 Å². The summed E-state index contributed by atoms with van der Waals surface area (Å²) in [6.45, 7) is 0.553. The molecule has 3 N–H and O–H groups in total. The first-order valence-corrected chi connectivity index (χ1v) is 7.74. The molecule has 0 saturated heterocycles. The Kier molecular flexibility index (Phi) is 6.44. The van der Waals surface area contributed by atoms with E-state index in [1.165, 1.54) is 4.90 Å². The van der Waals surface area contributed by atoms with Crippen LogP contribution in [0.1, 0.15) is 19.3 Å². The molecule has 1 rings (SSSR count). The van der Waals surface area contributed by atoms with Gasteiger partial charge < -0.3 is 20.4 Å². The standard InChI is InChI=1S/C12H22N2O4S/c1-14(7-8-5-9(15)6-8)12(18)13-10(11(16)17)3-4-19-2/h8-10,15H,3-7H2,1-2H3,(H,13,18)(H,16,17)/t8?,9?,10-/m0/s1. The van der Waals surface area contributed by atoms with Crippen LogP contribution in [0.4, 0.5) is 4.79 Å². The van der Waals surface area contributed by atoms with E-state index in [-0.39, 0.29) is 12.1 Å². The zero-order chi connectivity index (χ0) is 14.4. The first-order chi connectivity index (χ1) is 8.93. The minimum atomic E-state index is -1.00. The average Bonchev–Trinajstić information content (AvgIpc) is 2.31. The van der Waals surface area contributed by atoms with E-state index in [1.54, 1.807) is 18.8 Å². The molecule has 1 fully saturated rings. The van der Waals surface area contributed by atoms with E-state index in [1.807, 2.05) is 6.26 Å².